The summed E-state index contributed by atoms with van der Waals surface area (Å²) < 4.78 is 0. The number of rotatable bonds is 8. The van der Waals surface area contributed by atoms with E-state index in [0.717, 1.165) is 32.5 Å². The van der Waals surface area contributed by atoms with Gasteiger partial charge in [0.1, 0.15) is 0 Å². The summed E-state index contributed by atoms with van der Waals surface area (Å²) in [5.74, 6) is 0.310. The summed E-state index contributed by atoms with van der Waals surface area (Å²) >= 11 is 0. The van der Waals surface area contributed by atoms with Crippen molar-refractivity contribution in [2.45, 2.75) is 39.7 Å². The Kier molecular flexibility index (Phi) is 7.54. The van der Waals surface area contributed by atoms with Gasteiger partial charge in [-0.1, -0.05) is 20.8 Å². The van der Waals surface area contributed by atoms with Gasteiger partial charge in [0, 0.05) is 25.7 Å². The normalized spacial score (nSPS) is 15.2. The predicted molar refractivity (Wildman–Crippen MR) is 79.5 cm³/mol. The van der Waals surface area contributed by atoms with Crippen LogP contribution in [0.5, 0.6) is 0 Å². The van der Waals surface area contributed by atoms with Gasteiger partial charge in [-0.3, -0.25) is 15.0 Å². The van der Waals surface area contributed by atoms with Gasteiger partial charge >= 0.3 is 6.03 Å². The molecular weight excluding hydrogens is 256 g/mol. The summed E-state index contributed by atoms with van der Waals surface area (Å²) in [7, 11) is 0. The van der Waals surface area contributed by atoms with Crippen molar-refractivity contribution in [2.24, 2.45) is 5.92 Å². The molecule has 6 heteroatoms. The van der Waals surface area contributed by atoms with Crippen molar-refractivity contribution in [3.8, 4) is 0 Å². The van der Waals surface area contributed by atoms with E-state index in [4.69, 9.17) is 0 Å². The minimum Gasteiger partial charge on any atom is -0.338 e. The number of amides is 3. The highest BCUT2D eigenvalue weighted by Gasteiger charge is 2.25. The van der Waals surface area contributed by atoms with Crippen molar-refractivity contribution >= 4 is 11.9 Å². The largest absolute Gasteiger partial charge is 0.338 e. The molecule has 1 rings (SSSR count). The van der Waals surface area contributed by atoms with Crippen LogP contribution in [0.3, 0.4) is 0 Å². The van der Waals surface area contributed by atoms with Gasteiger partial charge in [-0.25, -0.2) is 4.79 Å². The van der Waals surface area contributed by atoms with Gasteiger partial charge in [-0.15, -0.1) is 0 Å². The van der Waals surface area contributed by atoms with Crippen LogP contribution in [-0.4, -0.2) is 55.6 Å². The summed E-state index contributed by atoms with van der Waals surface area (Å²) in [6.45, 7) is 9.91. The van der Waals surface area contributed by atoms with Crippen molar-refractivity contribution in [1.82, 2.24) is 20.9 Å². The van der Waals surface area contributed by atoms with Gasteiger partial charge in [-0.05, 0) is 25.3 Å². The van der Waals surface area contributed by atoms with Crippen LogP contribution in [0.2, 0.25) is 0 Å². The second-order valence-corrected chi connectivity index (χ2v) is 5.77. The van der Waals surface area contributed by atoms with Crippen molar-refractivity contribution in [1.29, 1.82) is 0 Å². The Balaban J connectivity index is 2.24. The van der Waals surface area contributed by atoms with E-state index in [1.165, 1.54) is 0 Å². The minimum absolute atomic E-state index is 0.229. The van der Waals surface area contributed by atoms with Gasteiger partial charge in [0.2, 0.25) is 5.91 Å². The molecule has 0 aromatic rings. The maximum absolute atomic E-state index is 11.8. The first kappa shape index (κ1) is 16.9. The molecule has 1 fully saturated rings. The molecule has 3 N–H and O–H groups in total. The van der Waals surface area contributed by atoms with Crippen LogP contribution in [0, 0.1) is 5.92 Å². The zero-order valence-corrected chi connectivity index (χ0v) is 12.9. The number of hydrogen-bond donors (Lipinski definition) is 3. The van der Waals surface area contributed by atoms with E-state index in [0.29, 0.717) is 18.5 Å². The lowest BCUT2D eigenvalue weighted by atomic mass is 10.1. The molecule has 3 amide bonds. The first-order valence-electron chi connectivity index (χ1n) is 7.55. The highest BCUT2D eigenvalue weighted by atomic mass is 16.2. The predicted octanol–water partition coefficient (Wildman–Crippen LogP) is 0.542. The Hall–Kier alpha value is -1.14. The molecule has 6 nitrogen and oxygen atoms in total. The van der Waals surface area contributed by atoms with E-state index in [9.17, 15) is 9.59 Å². The molecule has 1 heterocycles. The third kappa shape index (κ3) is 6.34. The molecule has 0 aromatic heterocycles. The van der Waals surface area contributed by atoms with E-state index in [-0.39, 0.29) is 18.5 Å². The molecule has 0 radical (unpaired) electrons. The molecule has 1 aliphatic heterocycles. The Morgan fingerprint density at radius 3 is 2.55 bits per heavy atom. The molecule has 1 saturated heterocycles. The number of urea groups is 1. The third-order valence-electron chi connectivity index (χ3n) is 3.39. The molecule has 0 saturated carbocycles. The summed E-state index contributed by atoms with van der Waals surface area (Å²) in [5.41, 5.74) is 0. The number of carbonyl (C=O) groups is 2. The van der Waals surface area contributed by atoms with Gasteiger partial charge in [0.15, 0.2) is 0 Å². The average Bonchev–Trinajstić information content (AvgIpc) is 2.25. The van der Waals surface area contributed by atoms with E-state index in [1.807, 2.05) is 0 Å². The summed E-state index contributed by atoms with van der Waals surface area (Å²) in [6.07, 6.45) is 1.92. The summed E-state index contributed by atoms with van der Waals surface area (Å²) in [5, 5.41) is 8.30. The lowest BCUT2D eigenvalue weighted by molar-refractivity contribution is -0.122. The lowest BCUT2D eigenvalue weighted by Gasteiger charge is -2.37. The minimum atomic E-state index is -0.390. The molecule has 0 atom stereocenters. The zero-order valence-electron chi connectivity index (χ0n) is 12.9. The molecule has 0 spiro atoms. The fourth-order valence-corrected chi connectivity index (χ4v) is 2.08. The van der Waals surface area contributed by atoms with Crippen LogP contribution in [-0.2, 0) is 4.79 Å². The van der Waals surface area contributed by atoms with Crippen LogP contribution in [0.15, 0.2) is 0 Å². The highest BCUT2D eigenvalue weighted by molar-refractivity contribution is 5.95. The highest BCUT2D eigenvalue weighted by Crippen LogP contribution is 2.05. The molecule has 116 valence electrons. The number of nitrogens with one attached hydrogen (secondary N) is 3. The quantitative estimate of drug-likeness (QED) is 0.608. The molecule has 1 aliphatic rings. The van der Waals surface area contributed by atoms with Crippen LogP contribution >= 0.6 is 0 Å². The van der Waals surface area contributed by atoms with E-state index >= 15 is 0 Å². The lowest BCUT2D eigenvalue weighted by Crippen LogP contribution is -2.59. The maximum Gasteiger partial charge on any atom is 0.321 e. The maximum atomic E-state index is 11.8. The van der Waals surface area contributed by atoms with Crippen molar-refractivity contribution in [2.75, 3.05) is 32.7 Å². The fourth-order valence-electron chi connectivity index (χ4n) is 2.08. The van der Waals surface area contributed by atoms with Crippen molar-refractivity contribution in [3.63, 3.8) is 0 Å². The molecule has 0 unspecified atom stereocenters. The van der Waals surface area contributed by atoms with E-state index in [1.54, 1.807) is 0 Å². The molecule has 0 aliphatic carbocycles. The summed E-state index contributed by atoms with van der Waals surface area (Å²) in [6, 6.07) is 0.0311. The number of hydrogen-bond acceptors (Lipinski definition) is 4. The van der Waals surface area contributed by atoms with E-state index in [2.05, 4.69) is 41.6 Å². The Labute approximate surface area is 121 Å². The van der Waals surface area contributed by atoms with Gasteiger partial charge < -0.3 is 10.6 Å². The van der Waals surface area contributed by atoms with Crippen molar-refractivity contribution < 1.29 is 9.59 Å². The second-order valence-electron chi connectivity index (χ2n) is 5.77. The standard InChI is InChI=1S/C14H28N4O2/c1-4-7-18(12-8-15-9-12)10-13(19)17-14(20)16-6-5-11(2)3/h11-12,15H,4-10H2,1-3H3,(H2,16,17,19,20). The molecular formula is C14H28N4O2. The summed E-state index contributed by atoms with van der Waals surface area (Å²) in [4.78, 5) is 25.5. The monoisotopic (exact) mass is 284 g/mol. The molecule has 0 bridgehead atoms. The number of nitrogens with zero attached hydrogens (tertiary/aromatic N) is 1. The van der Waals surface area contributed by atoms with Crippen molar-refractivity contribution in [3.05, 3.63) is 0 Å². The van der Waals surface area contributed by atoms with Gasteiger partial charge in [0.05, 0.1) is 6.54 Å². The first-order chi connectivity index (χ1) is 9.52. The second kappa shape index (κ2) is 8.92. The van der Waals surface area contributed by atoms with Crippen LogP contribution < -0.4 is 16.0 Å². The first-order valence-corrected chi connectivity index (χ1v) is 7.55. The molecule has 20 heavy (non-hydrogen) atoms. The van der Waals surface area contributed by atoms with Crippen LogP contribution in [0.1, 0.15) is 33.6 Å². The smallest absolute Gasteiger partial charge is 0.321 e. The Bertz CT molecular complexity index is 316. The average molecular weight is 284 g/mol. The SMILES string of the molecule is CCCN(CC(=O)NC(=O)NCCC(C)C)C1CNC1. The van der Waals surface area contributed by atoms with E-state index < -0.39 is 0 Å². The topological polar surface area (TPSA) is 73.5 Å². The van der Waals surface area contributed by atoms with Crippen LogP contribution in [0.25, 0.3) is 0 Å². The number of imide groups is 1. The fraction of sp³-hybridized carbons (Fsp3) is 0.857. The zero-order chi connectivity index (χ0) is 15.0. The van der Waals surface area contributed by atoms with Gasteiger partial charge in [-0.2, -0.15) is 0 Å². The Morgan fingerprint density at radius 2 is 2.05 bits per heavy atom. The third-order valence-corrected chi connectivity index (χ3v) is 3.39. The Morgan fingerprint density at radius 1 is 1.35 bits per heavy atom. The number of carbonyl (C=O) groups excluding carboxylic acids is 2. The van der Waals surface area contributed by atoms with Crippen LogP contribution in [0.4, 0.5) is 4.79 Å². The van der Waals surface area contributed by atoms with Gasteiger partial charge in [0.25, 0.3) is 0 Å². The molecule has 0 aromatic carbocycles.